The summed E-state index contributed by atoms with van der Waals surface area (Å²) in [5, 5.41) is 8.70. The van der Waals surface area contributed by atoms with E-state index < -0.39 is 5.60 Å². The summed E-state index contributed by atoms with van der Waals surface area (Å²) in [5.41, 5.74) is -0.681. The van der Waals surface area contributed by atoms with E-state index in [0.717, 1.165) is 12.8 Å². The Morgan fingerprint density at radius 3 is 0.850 bits per heavy atom. The minimum absolute atomic E-state index is 0. The van der Waals surface area contributed by atoms with Gasteiger partial charge in [0, 0.05) is 33.6 Å². The summed E-state index contributed by atoms with van der Waals surface area (Å²) in [7, 11) is 0. The smallest absolute Gasteiger partial charge is 0 e. The normalized spacial score (nSPS) is 8.20. The Balaban J connectivity index is -0.0000000152. The molecule has 0 atom stereocenters. The molecule has 0 unspecified atom stereocenters. The van der Waals surface area contributed by atoms with Crippen LogP contribution in [0, 0.1) is 52.2 Å². The quantitative estimate of drug-likeness (QED) is 0.357. The van der Waals surface area contributed by atoms with Gasteiger partial charge >= 0.3 is 67.8 Å². The molecule has 7 nitrogen and oxygen atoms in total. The van der Waals surface area contributed by atoms with E-state index in [9.17, 15) is 0 Å². The number of aliphatic hydroxyl groups is 1. The van der Waals surface area contributed by atoms with Crippen molar-refractivity contribution in [2.45, 2.75) is 18.4 Å². The molecule has 20 heavy (non-hydrogen) atoms. The van der Waals surface area contributed by atoms with Crippen LogP contribution < -0.4 is 0 Å². The number of rotatable bonds is 0. The van der Waals surface area contributed by atoms with Gasteiger partial charge in [0.15, 0.2) is 0 Å². The second-order valence-corrected chi connectivity index (χ2v) is 1.68. The van der Waals surface area contributed by atoms with Gasteiger partial charge in [-0.2, -0.15) is 0 Å². The number of hydrogen-bond acceptors (Lipinski definition) is 1. The average Bonchev–Trinajstić information content (AvgIpc) is 3.30. The van der Waals surface area contributed by atoms with Crippen LogP contribution in [0.25, 0.3) is 0 Å². The predicted molar refractivity (Wildman–Crippen MR) is 46.6 cm³/mol. The Bertz CT molecular complexity index is 256. The maximum Gasteiger partial charge on any atom is 0 e. The Morgan fingerprint density at radius 2 is 0.850 bits per heavy atom. The van der Waals surface area contributed by atoms with Crippen LogP contribution in [-0.2, 0) is 61.5 Å². The van der Waals surface area contributed by atoms with Crippen LogP contribution in [0.1, 0.15) is 12.8 Å². The Labute approximate surface area is 137 Å². The zero-order valence-corrected chi connectivity index (χ0v) is 11.6. The van der Waals surface area contributed by atoms with Crippen LogP contribution in [-0.4, -0.2) is 10.7 Å². The van der Waals surface area contributed by atoms with Crippen LogP contribution in [0.4, 0.5) is 0 Å². The largest absolute Gasteiger partial charge is 0 e. The molecule has 0 aromatic heterocycles. The summed E-state index contributed by atoms with van der Waals surface area (Å²) < 4.78 is 45.0. The number of hydrogen-bond donors (Lipinski definition) is 1. The van der Waals surface area contributed by atoms with Crippen molar-refractivity contribution in [1.29, 1.82) is 0 Å². The summed E-state index contributed by atoms with van der Waals surface area (Å²) in [6, 6.07) is 0. The molecule has 1 N–H and O–H groups in total. The van der Waals surface area contributed by atoms with Crippen molar-refractivity contribution in [3.8, 4) is 12.3 Å². The number of terminal acetylenes is 1. The third kappa shape index (κ3) is 89.1. The zero-order valence-electron chi connectivity index (χ0n) is 9.55. The maximum atomic E-state index is 8.70. The van der Waals surface area contributed by atoms with E-state index in [-0.39, 0.29) is 33.6 Å². The van der Waals surface area contributed by atoms with Crippen LogP contribution in [0.15, 0.2) is 0 Å². The maximum absolute atomic E-state index is 8.70. The van der Waals surface area contributed by atoms with E-state index >= 15 is 0 Å². The summed E-state index contributed by atoms with van der Waals surface area (Å²) in [6.07, 6.45) is 6.46. The Hall–Kier alpha value is -1.03. The minimum atomic E-state index is -0.681. The van der Waals surface area contributed by atoms with Gasteiger partial charge < -0.3 is 5.11 Å². The first-order valence-corrected chi connectivity index (χ1v) is 3.19. The predicted octanol–water partition coefficient (Wildman–Crippen LogP) is -0.0856. The van der Waals surface area contributed by atoms with Gasteiger partial charge in [-0.1, -0.05) is 5.92 Å². The van der Waals surface area contributed by atoms with E-state index in [4.69, 9.17) is 39.4 Å². The minimum Gasteiger partial charge on any atom is 0 e. The summed E-state index contributed by atoms with van der Waals surface area (Å²) in [6.45, 7) is 27.0. The molecule has 110 valence electrons. The topological polar surface area (TPSA) is 140 Å². The summed E-state index contributed by atoms with van der Waals surface area (Å²) in [4.78, 5) is 0. The first-order chi connectivity index (χ1) is 8.77. The van der Waals surface area contributed by atoms with Crippen molar-refractivity contribution in [2.24, 2.45) is 0 Å². The third-order valence-corrected chi connectivity index (χ3v) is 0.992. The van der Waals surface area contributed by atoms with Crippen molar-refractivity contribution < 1.29 is 66.6 Å². The molecule has 0 aliphatic heterocycles. The first kappa shape index (κ1) is 50.9. The third-order valence-electron chi connectivity index (χ3n) is 0.992. The van der Waals surface area contributed by atoms with Crippen LogP contribution in [0.3, 0.4) is 0 Å². The molecule has 1 aliphatic rings. The van der Waals surface area contributed by atoms with Gasteiger partial charge in [0.25, 0.3) is 0 Å². The van der Waals surface area contributed by atoms with Crippen LogP contribution in [0.5, 0.6) is 0 Å². The van der Waals surface area contributed by atoms with Gasteiger partial charge in [-0.25, -0.2) is 0 Å². The van der Waals surface area contributed by atoms with Gasteiger partial charge in [0.2, 0.25) is 0 Å². The fraction of sp³-hybridized carbons (Fsp3) is 0.273. The molecule has 0 heterocycles. The standard InChI is InChI=1S/C5H6O.6CO.2Co/c1-2-5(6)3-4-5;6*1-2;;/h1,6H,3-4H2;;;;;;;;. The molecule has 0 aromatic rings. The van der Waals surface area contributed by atoms with Crippen molar-refractivity contribution >= 4 is 0 Å². The van der Waals surface area contributed by atoms with E-state index in [1.165, 1.54) is 0 Å². The van der Waals surface area contributed by atoms with Crippen molar-refractivity contribution in [2.75, 3.05) is 0 Å². The second kappa shape index (κ2) is 81.5. The van der Waals surface area contributed by atoms with E-state index in [0.29, 0.717) is 0 Å². The van der Waals surface area contributed by atoms with Crippen LogP contribution >= 0.6 is 0 Å². The molecule has 1 fully saturated rings. The fourth-order valence-corrected chi connectivity index (χ4v) is 0.263. The van der Waals surface area contributed by atoms with Crippen molar-refractivity contribution in [3.63, 3.8) is 0 Å². The molecule has 9 heteroatoms. The molecule has 1 saturated carbocycles. The Kier molecular flexibility index (Phi) is 207. The van der Waals surface area contributed by atoms with Gasteiger partial charge in [-0.3, -0.25) is 0 Å². The van der Waals surface area contributed by atoms with E-state index in [2.05, 4.69) is 45.8 Å². The van der Waals surface area contributed by atoms with E-state index in [1.54, 1.807) is 0 Å². The van der Waals surface area contributed by atoms with Gasteiger partial charge in [0.1, 0.15) is 5.60 Å². The molecule has 0 amide bonds. The SMILES string of the molecule is C#CC1(O)CC1.[C-]#[O+].[C-]#[O+].[C-]#[O+].[C-]#[O+].[C-]#[O+].[C-]#[O+].[Co].[Co]. The molecule has 1 aliphatic carbocycles. The van der Waals surface area contributed by atoms with E-state index in [1.807, 2.05) is 0 Å². The fourth-order valence-electron chi connectivity index (χ4n) is 0.263. The molecule has 0 spiro atoms. The zero-order chi connectivity index (χ0) is 16.6. The molecule has 0 bridgehead atoms. The average molecular weight is 368 g/mol. The van der Waals surface area contributed by atoms with Crippen LogP contribution in [0.2, 0.25) is 0 Å². The summed E-state index contributed by atoms with van der Waals surface area (Å²) in [5.74, 6) is 2.27. The molecular weight excluding hydrogens is 362 g/mol. The van der Waals surface area contributed by atoms with Crippen molar-refractivity contribution in [1.82, 2.24) is 0 Å². The molecule has 1 rings (SSSR count). The molecule has 0 aromatic carbocycles. The first-order valence-electron chi connectivity index (χ1n) is 3.19. The van der Waals surface area contributed by atoms with Crippen molar-refractivity contribution in [3.05, 3.63) is 39.9 Å². The molecule has 2 radical (unpaired) electrons. The molecular formula is C11H6Co2O7. The van der Waals surface area contributed by atoms with Gasteiger partial charge in [0.05, 0.1) is 0 Å². The monoisotopic (exact) mass is 368 g/mol. The summed E-state index contributed by atoms with van der Waals surface area (Å²) >= 11 is 0. The van der Waals surface area contributed by atoms with Gasteiger partial charge in [-0.15, -0.1) is 6.42 Å². The van der Waals surface area contributed by atoms with Gasteiger partial charge in [-0.05, 0) is 12.8 Å². The Morgan fingerprint density at radius 1 is 0.700 bits per heavy atom. The molecule has 0 saturated heterocycles. The second-order valence-electron chi connectivity index (χ2n) is 1.68.